The van der Waals surface area contributed by atoms with Gasteiger partial charge in [0.15, 0.2) is 0 Å². The zero-order valence-electron chi connectivity index (χ0n) is 15.3. The van der Waals surface area contributed by atoms with Crippen LogP contribution in [0.2, 0.25) is 0 Å². The Morgan fingerprint density at radius 3 is 2.81 bits per heavy atom. The van der Waals surface area contributed by atoms with Crippen LogP contribution in [0, 0.1) is 6.92 Å². The number of carbonyl (C=O) groups is 1. The molecule has 26 heavy (non-hydrogen) atoms. The van der Waals surface area contributed by atoms with Crippen LogP contribution < -0.4 is 5.32 Å². The molecular formula is C20H25N3O3. The topological polar surface area (TPSA) is 67.1 Å². The lowest BCUT2D eigenvalue weighted by molar-refractivity contribution is -0.135. The molecule has 1 fully saturated rings. The second-order valence-corrected chi connectivity index (χ2v) is 7.14. The van der Waals surface area contributed by atoms with E-state index in [2.05, 4.69) is 10.2 Å². The SMILES string of the molecule is COC(=O)C1=CC2=NC(c3ccc(C)o3)C(NC3CCCCC3)N2C=C1. The molecule has 0 aromatic carbocycles. The summed E-state index contributed by atoms with van der Waals surface area (Å²) in [6.45, 7) is 1.94. The van der Waals surface area contributed by atoms with Crippen LogP contribution in [-0.2, 0) is 9.53 Å². The third-order valence-electron chi connectivity index (χ3n) is 5.32. The maximum atomic E-state index is 11.9. The third kappa shape index (κ3) is 3.21. The minimum Gasteiger partial charge on any atom is -0.465 e. The number of aliphatic imine (C=N–C) groups is 1. The van der Waals surface area contributed by atoms with E-state index in [0.717, 1.165) is 17.4 Å². The van der Waals surface area contributed by atoms with Crippen molar-refractivity contribution in [2.24, 2.45) is 4.99 Å². The Labute approximate surface area is 153 Å². The number of ether oxygens (including phenoxy) is 1. The number of hydrogen-bond acceptors (Lipinski definition) is 6. The molecule has 0 saturated heterocycles. The van der Waals surface area contributed by atoms with Crippen molar-refractivity contribution in [2.75, 3.05) is 7.11 Å². The number of nitrogens with zero attached hydrogens (tertiary/aromatic N) is 2. The molecule has 3 heterocycles. The first kappa shape index (κ1) is 17.1. The van der Waals surface area contributed by atoms with E-state index in [-0.39, 0.29) is 18.2 Å². The number of esters is 1. The van der Waals surface area contributed by atoms with E-state index in [1.165, 1.54) is 39.2 Å². The predicted octanol–water partition coefficient (Wildman–Crippen LogP) is 3.22. The molecule has 0 radical (unpaired) electrons. The highest BCUT2D eigenvalue weighted by molar-refractivity contribution is 6.05. The van der Waals surface area contributed by atoms with Crippen LogP contribution in [0.3, 0.4) is 0 Å². The van der Waals surface area contributed by atoms with E-state index < -0.39 is 0 Å². The van der Waals surface area contributed by atoms with Gasteiger partial charge in [-0.1, -0.05) is 19.3 Å². The monoisotopic (exact) mass is 355 g/mol. The first-order valence-corrected chi connectivity index (χ1v) is 9.32. The van der Waals surface area contributed by atoms with Crippen molar-refractivity contribution >= 4 is 11.8 Å². The molecule has 1 aromatic rings. The highest BCUT2D eigenvalue weighted by Crippen LogP contribution is 2.35. The Morgan fingerprint density at radius 2 is 2.12 bits per heavy atom. The van der Waals surface area contributed by atoms with E-state index in [9.17, 15) is 4.79 Å². The summed E-state index contributed by atoms with van der Waals surface area (Å²) in [6.07, 6.45) is 11.7. The van der Waals surface area contributed by atoms with Crippen LogP contribution in [0.15, 0.2) is 45.5 Å². The van der Waals surface area contributed by atoms with Crippen LogP contribution in [-0.4, -0.2) is 36.0 Å². The Bertz CT molecular complexity index is 771. The zero-order valence-corrected chi connectivity index (χ0v) is 15.3. The third-order valence-corrected chi connectivity index (χ3v) is 5.32. The zero-order chi connectivity index (χ0) is 18.1. The van der Waals surface area contributed by atoms with Gasteiger partial charge in [0.05, 0.1) is 12.7 Å². The first-order valence-electron chi connectivity index (χ1n) is 9.32. The van der Waals surface area contributed by atoms with E-state index in [4.69, 9.17) is 14.1 Å². The highest BCUT2D eigenvalue weighted by Gasteiger charge is 2.39. The molecule has 0 amide bonds. The summed E-state index contributed by atoms with van der Waals surface area (Å²) in [4.78, 5) is 18.8. The Balaban J connectivity index is 1.62. The van der Waals surface area contributed by atoms with Crippen molar-refractivity contribution in [2.45, 2.75) is 57.3 Å². The number of hydrogen-bond donors (Lipinski definition) is 1. The number of furan rings is 1. The molecule has 3 aliphatic rings. The molecule has 1 saturated carbocycles. The van der Waals surface area contributed by atoms with Gasteiger partial charge in [0.2, 0.25) is 0 Å². The van der Waals surface area contributed by atoms with Crippen molar-refractivity contribution in [3.05, 3.63) is 47.6 Å². The summed E-state index contributed by atoms with van der Waals surface area (Å²) >= 11 is 0. The average Bonchev–Trinajstić information content (AvgIpc) is 3.25. The number of fused-ring (bicyclic) bond motifs is 1. The number of carbonyl (C=O) groups excluding carboxylic acids is 1. The second kappa shape index (κ2) is 7.11. The second-order valence-electron chi connectivity index (χ2n) is 7.14. The Hall–Kier alpha value is -2.34. The van der Waals surface area contributed by atoms with Crippen molar-refractivity contribution in [3.8, 4) is 0 Å². The Kier molecular flexibility index (Phi) is 4.68. The maximum absolute atomic E-state index is 11.9. The van der Waals surface area contributed by atoms with E-state index in [1.807, 2.05) is 25.3 Å². The predicted molar refractivity (Wildman–Crippen MR) is 98.5 cm³/mol. The molecule has 2 unspecified atom stereocenters. The van der Waals surface area contributed by atoms with Gasteiger partial charge in [-0.2, -0.15) is 0 Å². The summed E-state index contributed by atoms with van der Waals surface area (Å²) in [7, 11) is 1.39. The van der Waals surface area contributed by atoms with Gasteiger partial charge in [0.25, 0.3) is 0 Å². The van der Waals surface area contributed by atoms with Crippen LogP contribution in [0.4, 0.5) is 0 Å². The van der Waals surface area contributed by atoms with Crippen molar-refractivity contribution in [1.29, 1.82) is 0 Å². The van der Waals surface area contributed by atoms with Gasteiger partial charge >= 0.3 is 5.97 Å². The molecule has 0 spiro atoms. The minimum absolute atomic E-state index is 0.00894. The van der Waals surface area contributed by atoms with Gasteiger partial charge < -0.3 is 14.1 Å². The summed E-state index contributed by atoms with van der Waals surface area (Å²) < 4.78 is 10.7. The first-order chi connectivity index (χ1) is 12.7. The Morgan fingerprint density at radius 1 is 1.31 bits per heavy atom. The number of amidine groups is 1. The van der Waals surface area contributed by atoms with Crippen LogP contribution in [0.1, 0.15) is 49.7 Å². The smallest absolute Gasteiger partial charge is 0.338 e. The summed E-state index contributed by atoms with van der Waals surface area (Å²) in [5.41, 5.74) is 0.509. The summed E-state index contributed by atoms with van der Waals surface area (Å²) in [5, 5.41) is 3.79. The number of nitrogens with one attached hydrogen (secondary N) is 1. The molecule has 0 bridgehead atoms. The fraction of sp³-hybridized carbons (Fsp3) is 0.500. The average molecular weight is 355 g/mol. The van der Waals surface area contributed by atoms with Gasteiger partial charge in [-0.3, -0.25) is 10.3 Å². The fourth-order valence-electron chi connectivity index (χ4n) is 3.96. The van der Waals surface area contributed by atoms with Gasteiger partial charge in [-0.25, -0.2) is 4.79 Å². The fourth-order valence-corrected chi connectivity index (χ4v) is 3.96. The van der Waals surface area contributed by atoms with Crippen LogP contribution in [0.5, 0.6) is 0 Å². The van der Waals surface area contributed by atoms with Gasteiger partial charge in [-0.05, 0) is 44.1 Å². The molecule has 6 nitrogen and oxygen atoms in total. The lowest BCUT2D eigenvalue weighted by Crippen LogP contribution is -2.49. The number of methoxy groups -OCH3 is 1. The molecule has 1 aliphatic carbocycles. The van der Waals surface area contributed by atoms with Gasteiger partial charge in [-0.15, -0.1) is 0 Å². The van der Waals surface area contributed by atoms with Gasteiger partial charge in [0, 0.05) is 12.2 Å². The van der Waals surface area contributed by atoms with E-state index in [0.29, 0.717) is 11.6 Å². The maximum Gasteiger partial charge on any atom is 0.338 e. The van der Waals surface area contributed by atoms with Crippen molar-refractivity contribution in [3.63, 3.8) is 0 Å². The molecule has 138 valence electrons. The normalized spacial score (nSPS) is 25.7. The summed E-state index contributed by atoms with van der Waals surface area (Å²) in [6, 6.07) is 4.31. The van der Waals surface area contributed by atoms with E-state index >= 15 is 0 Å². The molecule has 6 heteroatoms. The number of rotatable bonds is 4. The molecule has 1 aromatic heterocycles. The lowest BCUT2D eigenvalue weighted by atomic mass is 9.95. The molecule has 2 aliphatic heterocycles. The number of aryl methyl sites for hydroxylation is 1. The molecule has 1 N–H and O–H groups in total. The van der Waals surface area contributed by atoms with Crippen molar-refractivity contribution in [1.82, 2.24) is 10.2 Å². The summed E-state index contributed by atoms with van der Waals surface area (Å²) in [5.74, 6) is 2.14. The lowest BCUT2D eigenvalue weighted by Gasteiger charge is -2.33. The molecule has 2 atom stereocenters. The quantitative estimate of drug-likeness (QED) is 0.840. The standard InChI is InChI=1S/C20H25N3O3/c1-13-8-9-16(26-13)18-19(21-15-6-4-3-5-7-15)23-11-10-14(20(24)25-2)12-17(23)22-18/h8-12,15,18-19,21H,3-7H2,1-2H3. The molecular weight excluding hydrogens is 330 g/mol. The van der Waals surface area contributed by atoms with Crippen molar-refractivity contribution < 1.29 is 13.9 Å². The van der Waals surface area contributed by atoms with Gasteiger partial charge in [0.1, 0.15) is 29.6 Å². The largest absolute Gasteiger partial charge is 0.465 e. The molecule has 4 rings (SSSR count). The highest BCUT2D eigenvalue weighted by atomic mass is 16.5. The minimum atomic E-state index is -0.349. The van der Waals surface area contributed by atoms with E-state index in [1.54, 1.807) is 12.2 Å². The van der Waals surface area contributed by atoms with Crippen LogP contribution in [0.25, 0.3) is 0 Å². The van der Waals surface area contributed by atoms with Crippen LogP contribution >= 0.6 is 0 Å².